The first kappa shape index (κ1) is 23.4. The molecule has 3 N–H and O–H groups in total. The minimum atomic E-state index is -0.880. The Balaban J connectivity index is 1.69. The highest BCUT2D eigenvalue weighted by molar-refractivity contribution is 14.1. The van der Waals surface area contributed by atoms with Crippen molar-refractivity contribution >= 4 is 40.1 Å². The maximum atomic E-state index is 13.5. The number of phenolic OH excluding ortho intramolecular Hbond substituents is 1. The fourth-order valence-corrected chi connectivity index (χ4v) is 4.06. The Hall–Kier alpha value is -3.73. The third-order valence-corrected chi connectivity index (χ3v) is 5.90. The van der Waals surface area contributed by atoms with Crippen molar-refractivity contribution in [1.29, 1.82) is 0 Å². The number of phenols is 1. The number of para-hydroxylation sites is 1. The number of hydrazine groups is 1. The molecule has 0 saturated carbocycles. The van der Waals surface area contributed by atoms with Crippen LogP contribution in [0.15, 0.2) is 73.3 Å². The van der Waals surface area contributed by atoms with Gasteiger partial charge >= 0.3 is 0 Å². The van der Waals surface area contributed by atoms with Gasteiger partial charge in [0.15, 0.2) is 17.7 Å². The van der Waals surface area contributed by atoms with Crippen molar-refractivity contribution in [2.75, 3.05) is 19.0 Å². The molecule has 0 aliphatic carbocycles. The first-order chi connectivity index (χ1) is 16.4. The second-order valence-corrected chi connectivity index (χ2v) is 8.62. The van der Waals surface area contributed by atoms with E-state index in [-0.39, 0.29) is 11.5 Å². The number of ether oxygens (including phenoxy) is 2. The van der Waals surface area contributed by atoms with Gasteiger partial charge in [-0.25, -0.2) is 5.01 Å². The van der Waals surface area contributed by atoms with Gasteiger partial charge < -0.3 is 19.9 Å². The molecule has 174 valence electrons. The average Bonchev–Trinajstić information content (AvgIpc) is 2.85. The number of benzene rings is 3. The third kappa shape index (κ3) is 4.65. The smallest absolute Gasteiger partial charge is 0.276 e. The number of carbonyl (C=O) groups is 2. The van der Waals surface area contributed by atoms with Crippen LogP contribution in [-0.4, -0.2) is 35.6 Å². The largest absolute Gasteiger partial charge is 0.504 e. The summed E-state index contributed by atoms with van der Waals surface area (Å²) < 4.78 is 11.5. The van der Waals surface area contributed by atoms with Crippen molar-refractivity contribution in [2.45, 2.75) is 6.17 Å². The molecular formula is C25H22IN3O5. The Labute approximate surface area is 210 Å². The molecule has 0 radical (unpaired) electrons. The lowest BCUT2D eigenvalue weighted by molar-refractivity contribution is 0.0488. The maximum absolute atomic E-state index is 13.5. The van der Waals surface area contributed by atoms with Gasteiger partial charge in [-0.2, -0.15) is 0 Å². The van der Waals surface area contributed by atoms with Crippen molar-refractivity contribution in [3.63, 3.8) is 0 Å². The second-order valence-electron chi connectivity index (χ2n) is 7.38. The fourth-order valence-electron chi connectivity index (χ4n) is 3.57. The number of aromatic hydroxyl groups is 1. The number of nitrogens with one attached hydrogen (secondary N) is 2. The quantitative estimate of drug-likeness (QED) is 0.286. The van der Waals surface area contributed by atoms with Gasteiger partial charge in [-0.05, 0) is 71.1 Å². The summed E-state index contributed by atoms with van der Waals surface area (Å²) in [4.78, 5) is 26.6. The fraction of sp³-hybridized carbons (Fsp3) is 0.120. The minimum absolute atomic E-state index is 0.132. The van der Waals surface area contributed by atoms with Gasteiger partial charge in [-0.1, -0.05) is 24.8 Å². The molecule has 3 aromatic rings. The van der Waals surface area contributed by atoms with Crippen LogP contribution in [0, 0.1) is 3.57 Å². The van der Waals surface area contributed by atoms with E-state index in [1.54, 1.807) is 60.7 Å². The van der Waals surface area contributed by atoms with Gasteiger partial charge in [0, 0.05) is 20.4 Å². The molecule has 0 fully saturated rings. The summed E-state index contributed by atoms with van der Waals surface area (Å²) in [6.45, 7) is 3.96. The van der Waals surface area contributed by atoms with Gasteiger partial charge in [-0.15, -0.1) is 0 Å². The SMILES string of the molecule is C=CCOc1ccc(C(=O)NN2C(=O)c3cc(I)ccc3N[C@@H]2c2cccc(OC)c2O)cc1. The summed E-state index contributed by atoms with van der Waals surface area (Å²) >= 11 is 2.12. The molecule has 8 nitrogen and oxygen atoms in total. The van der Waals surface area contributed by atoms with E-state index in [2.05, 4.69) is 39.9 Å². The molecule has 0 saturated heterocycles. The number of halogens is 1. The minimum Gasteiger partial charge on any atom is -0.504 e. The molecule has 0 unspecified atom stereocenters. The molecule has 3 aromatic carbocycles. The van der Waals surface area contributed by atoms with E-state index in [1.165, 1.54) is 12.1 Å². The monoisotopic (exact) mass is 571 g/mol. The van der Waals surface area contributed by atoms with E-state index in [0.717, 1.165) is 3.57 Å². The normalized spacial score (nSPS) is 14.6. The maximum Gasteiger partial charge on any atom is 0.276 e. The standard InChI is InChI=1S/C25H22IN3O5/c1-3-13-34-17-10-7-15(8-11-17)24(31)28-29-23(18-5-4-6-21(33-2)22(18)30)27-20-12-9-16(26)14-19(20)25(29)32/h3-12,14,23,27,30H,1,13H2,2H3,(H,28,31)/t23-/m0/s1. The number of methoxy groups -OCH3 is 1. The summed E-state index contributed by atoms with van der Waals surface area (Å²) in [5.74, 6) is -0.200. The van der Waals surface area contributed by atoms with Crippen LogP contribution in [0.25, 0.3) is 0 Å². The molecule has 1 heterocycles. The van der Waals surface area contributed by atoms with E-state index in [1.807, 2.05) is 6.07 Å². The zero-order valence-corrected chi connectivity index (χ0v) is 20.4. The molecular weight excluding hydrogens is 549 g/mol. The van der Waals surface area contributed by atoms with Crippen LogP contribution in [0.1, 0.15) is 32.4 Å². The second kappa shape index (κ2) is 10.0. The molecule has 9 heteroatoms. The average molecular weight is 571 g/mol. The van der Waals surface area contributed by atoms with E-state index in [9.17, 15) is 14.7 Å². The Morgan fingerprint density at radius 2 is 2.00 bits per heavy atom. The van der Waals surface area contributed by atoms with E-state index in [0.29, 0.717) is 34.7 Å². The number of nitrogens with zero attached hydrogens (tertiary/aromatic N) is 1. The Bertz CT molecular complexity index is 1250. The summed E-state index contributed by atoms with van der Waals surface area (Å²) in [5.41, 5.74) is 4.38. The zero-order chi connectivity index (χ0) is 24.2. The lowest BCUT2D eigenvalue weighted by atomic mass is 10.0. The van der Waals surface area contributed by atoms with Crippen molar-refractivity contribution in [3.8, 4) is 17.2 Å². The van der Waals surface area contributed by atoms with Crippen molar-refractivity contribution < 1.29 is 24.2 Å². The Morgan fingerprint density at radius 1 is 1.24 bits per heavy atom. The van der Waals surface area contributed by atoms with Crippen LogP contribution >= 0.6 is 22.6 Å². The number of hydrogen-bond acceptors (Lipinski definition) is 6. The molecule has 1 aliphatic rings. The van der Waals surface area contributed by atoms with Crippen molar-refractivity contribution in [1.82, 2.24) is 10.4 Å². The Morgan fingerprint density at radius 3 is 2.71 bits per heavy atom. The van der Waals surface area contributed by atoms with Gasteiger partial charge in [0.1, 0.15) is 12.4 Å². The van der Waals surface area contributed by atoms with Crippen LogP contribution in [0.4, 0.5) is 5.69 Å². The van der Waals surface area contributed by atoms with Gasteiger partial charge in [-0.3, -0.25) is 15.0 Å². The first-order valence-electron chi connectivity index (χ1n) is 10.3. The van der Waals surface area contributed by atoms with Crippen molar-refractivity contribution in [2.24, 2.45) is 0 Å². The number of anilines is 1. The molecule has 4 rings (SSSR count). The van der Waals surface area contributed by atoms with Gasteiger partial charge in [0.2, 0.25) is 0 Å². The van der Waals surface area contributed by atoms with Gasteiger partial charge in [0.05, 0.1) is 12.7 Å². The highest BCUT2D eigenvalue weighted by Gasteiger charge is 2.36. The highest BCUT2D eigenvalue weighted by Crippen LogP contribution is 2.39. The number of fused-ring (bicyclic) bond motifs is 1. The molecule has 0 spiro atoms. The zero-order valence-electron chi connectivity index (χ0n) is 18.2. The van der Waals surface area contributed by atoms with E-state index in [4.69, 9.17) is 9.47 Å². The van der Waals surface area contributed by atoms with Crippen molar-refractivity contribution in [3.05, 3.63) is 93.6 Å². The lowest BCUT2D eigenvalue weighted by Gasteiger charge is -2.38. The topological polar surface area (TPSA) is 100 Å². The molecule has 2 amide bonds. The summed E-state index contributed by atoms with van der Waals surface area (Å²) in [7, 11) is 1.44. The van der Waals surface area contributed by atoms with Crippen LogP contribution in [-0.2, 0) is 0 Å². The predicted molar refractivity (Wildman–Crippen MR) is 136 cm³/mol. The van der Waals surface area contributed by atoms with Crippen LogP contribution < -0.4 is 20.2 Å². The first-order valence-corrected chi connectivity index (χ1v) is 11.4. The van der Waals surface area contributed by atoms with Crippen LogP contribution in [0.3, 0.4) is 0 Å². The Kier molecular flexibility index (Phi) is 6.92. The van der Waals surface area contributed by atoms with Crippen LogP contribution in [0.5, 0.6) is 17.2 Å². The van der Waals surface area contributed by atoms with E-state index < -0.39 is 18.0 Å². The third-order valence-electron chi connectivity index (χ3n) is 5.23. The lowest BCUT2D eigenvalue weighted by Crippen LogP contribution is -2.52. The number of hydrogen-bond donors (Lipinski definition) is 3. The molecule has 1 atom stereocenters. The molecule has 0 bridgehead atoms. The summed E-state index contributed by atoms with van der Waals surface area (Å²) in [5, 5.41) is 15.2. The molecule has 34 heavy (non-hydrogen) atoms. The number of amides is 2. The van der Waals surface area contributed by atoms with Crippen LogP contribution in [0.2, 0.25) is 0 Å². The van der Waals surface area contributed by atoms with E-state index >= 15 is 0 Å². The molecule has 1 aliphatic heterocycles. The summed E-state index contributed by atoms with van der Waals surface area (Å²) in [6.07, 6.45) is 0.747. The highest BCUT2D eigenvalue weighted by atomic mass is 127. The molecule has 0 aromatic heterocycles. The van der Waals surface area contributed by atoms with Gasteiger partial charge in [0.25, 0.3) is 11.8 Å². The predicted octanol–water partition coefficient (Wildman–Crippen LogP) is 4.48. The number of carbonyl (C=O) groups excluding carboxylic acids is 2. The number of rotatable bonds is 7. The summed E-state index contributed by atoms with van der Waals surface area (Å²) in [6, 6.07) is 16.9.